The van der Waals surface area contributed by atoms with E-state index >= 15 is 0 Å². The Balaban J connectivity index is 1.40. The molecule has 1 N–H and O–H groups in total. The van der Waals surface area contributed by atoms with E-state index in [-0.39, 0.29) is 6.03 Å². The van der Waals surface area contributed by atoms with E-state index in [1.807, 2.05) is 19.1 Å². The van der Waals surface area contributed by atoms with E-state index in [1.165, 1.54) is 0 Å². The topological polar surface area (TPSA) is 66.9 Å². The summed E-state index contributed by atoms with van der Waals surface area (Å²) in [6, 6.07) is 9.09. The van der Waals surface area contributed by atoms with Crippen LogP contribution in [0.5, 0.6) is 11.5 Å². The second-order valence-electron chi connectivity index (χ2n) is 7.01. The smallest absolute Gasteiger partial charge is 0.321 e. The van der Waals surface area contributed by atoms with Crippen LogP contribution in [0.3, 0.4) is 0 Å². The third-order valence-electron chi connectivity index (χ3n) is 5.16. The molecule has 1 fully saturated rings. The number of urea groups is 1. The maximum Gasteiger partial charge on any atom is 0.321 e. The standard InChI is InChI=1S/C21H23ClN4O3S/c1-13-4-6-15(22)19-18(13)24-21(30-19)26-10-8-25(9-11-26)20(27)23-14-5-7-16(28-2)17(12-14)29-3/h4-7,12H,8-11H2,1-3H3,(H,23,27). The van der Waals surface area contributed by atoms with Gasteiger partial charge in [-0.1, -0.05) is 29.0 Å². The van der Waals surface area contributed by atoms with Crippen molar-refractivity contribution in [1.82, 2.24) is 9.88 Å². The summed E-state index contributed by atoms with van der Waals surface area (Å²) in [6.45, 7) is 4.70. The van der Waals surface area contributed by atoms with Crippen LogP contribution in [-0.4, -0.2) is 56.3 Å². The molecule has 30 heavy (non-hydrogen) atoms. The minimum absolute atomic E-state index is 0.134. The second-order valence-corrected chi connectivity index (χ2v) is 8.40. The SMILES string of the molecule is COc1ccc(NC(=O)N2CCN(c3nc4c(C)ccc(Cl)c4s3)CC2)cc1OC. The molecular formula is C21H23ClN4O3S. The van der Waals surface area contributed by atoms with Gasteiger partial charge in [-0.05, 0) is 30.7 Å². The Morgan fingerprint density at radius 1 is 1.10 bits per heavy atom. The van der Waals surface area contributed by atoms with Crippen molar-refractivity contribution in [2.75, 3.05) is 50.6 Å². The first-order valence-corrected chi connectivity index (χ1v) is 10.8. The molecule has 158 valence electrons. The Kier molecular flexibility index (Phi) is 5.87. The zero-order valence-corrected chi connectivity index (χ0v) is 18.6. The van der Waals surface area contributed by atoms with Crippen LogP contribution in [0.1, 0.15) is 5.56 Å². The lowest BCUT2D eigenvalue weighted by Crippen LogP contribution is -2.50. The molecule has 2 aromatic carbocycles. The van der Waals surface area contributed by atoms with Gasteiger partial charge in [0.05, 0.1) is 29.5 Å². The highest BCUT2D eigenvalue weighted by molar-refractivity contribution is 7.22. The minimum Gasteiger partial charge on any atom is -0.493 e. The number of carbonyl (C=O) groups excluding carboxylic acids is 1. The summed E-state index contributed by atoms with van der Waals surface area (Å²) < 4.78 is 11.5. The molecule has 7 nitrogen and oxygen atoms in total. The molecule has 0 unspecified atom stereocenters. The lowest BCUT2D eigenvalue weighted by atomic mass is 10.2. The van der Waals surface area contributed by atoms with Crippen LogP contribution in [0.25, 0.3) is 10.2 Å². The van der Waals surface area contributed by atoms with Crippen LogP contribution in [0, 0.1) is 6.92 Å². The number of aryl methyl sites for hydroxylation is 1. The van der Waals surface area contributed by atoms with E-state index in [4.69, 9.17) is 26.1 Å². The predicted octanol–water partition coefficient (Wildman–Crippen LogP) is 4.63. The third kappa shape index (κ3) is 3.97. The van der Waals surface area contributed by atoms with E-state index < -0.39 is 0 Å². The maximum atomic E-state index is 12.7. The summed E-state index contributed by atoms with van der Waals surface area (Å²) in [6.07, 6.45) is 0. The number of nitrogens with one attached hydrogen (secondary N) is 1. The van der Waals surface area contributed by atoms with Crippen molar-refractivity contribution >= 4 is 50.0 Å². The fourth-order valence-corrected chi connectivity index (χ4v) is 4.81. The number of fused-ring (bicyclic) bond motifs is 1. The van der Waals surface area contributed by atoms with Crippen molar-refractivity contribution < 1.29 is 14.3 Å². The maximum absolute atomic E-state index is 12.7. The largest absolute Gasteiger partial charge is 0.493 e. The molecule has 0 radical (unpaired) electrons. The van der Waals surface area contributed by atoms with Crippen molar-refractivity contribution in [3.8, 4) is 11.5 Å². The van der Waals surface area contributed by atoms with Gasteiger partial charge in [-0.15, -0.1) is 0 Å². The van der Waals surface area contributed by atoms with Gasteiger partial charge in [0.15, 0.2) is 16.6 Å². The van der Waals surface area contributed by atoms with Gasteiger partial charge in [-0.3, -0.25) is 0 Å². The summed E-state index contributed by atoms with van der Waals surface area (Å²) in [5.41, 5.74) is 2.73. The number of piperazine rings is 1. The van der Waals surface area contributed by atoms with Gasteiger partial charge < -0.3 is 24.6 Å². The molecule has 2 heterocycles. The first-order chi connectivity index (χ1) is 14.5. The van der Waals surface area contributed by atoms with Crippen LogP contribution >= 0.6 is 22.9 Å². The number of amides is 2. The van der Waals surface area contributed by atoms with Crippen LogP contribution in [-0.2, 0) is 0 Å². The van der Waals surface area contributed by atoms with Crippen LogP contribution in [0.15, 0.2) is 30.3 Å². The van der Waals surface area contributed by atoms with E-state index in [0.29, 0.717) is 30.3 Å². The van der Waals surface area contributed by atoms with Crippen molar-refractivity contribution in [1.29, 1.82) is 0 Å². The molecule has 0 spiro atoms. The number of hydrogen-bond donors (Lipinski definition) is 1. The zero-order valence-electron chi connectivity index (χ0n) is 17.1. The Morgan fingerprint density at radius 3 is 2.50 bits per heavy atom. The van der Waals surface area contributed by atoms with Crippen molar-refractivity contribution in [2.24, 2.45) is 0 Å². The van der Waals surface area contributed by atoms with Gasteiger partial charge >= 0.3 is 6.03 Å². The number of thiazole rings is 1. The van der Waals surface area contributed by atoms with E-state index in [2.05, 4.69) is 10.2 Å². The molecule has 0 aliphatic carbocycles. The summed E-state index contributed by atoms with van der Waals surface area (Å²) in [5, 5.41) is 4.61. The minimum atomic E-state index is -0.134. The number of carbonyl (C=O) groups is 1. The average Bonchev–Trinajstić information content (AvgIpc) is 3.23. The first-order valence-electron chi connectivity index (χ1n) is 9.58. The molecule has 4 rings (SSSR count). The fraction of sp³-hybridized carbons (Fsp3) is 0.333. The van der Waals surface area contributed by atoms with E-state index in [1.54, 1.807) is 48.7 Å². The van der Waals surface area contributed by atoms with Gasteiger partial charge in [0.25, 0.3) is 0 Å². The zero-order chi connectivity index (χ0) is 21.3. The normalized spacial score (nSPS) is 14.1. The Labute approximate surface area is 184 Å². The highest BCUT2D eigenvalue weighted by atomic mass is 35.5. The summed E-state index contributed by atoms with van der Waals surface area (Å²) in [4.78, 5) is 21.5. The lowest BCUT2D eigenvalue weighted by Gasteiger charge is -2.34. The van der Waals surface area contributed by atoms with Crippen molar-refractivity contribution in [3.63, 3.8) is 0 Å². The second kappa shape index (κ2) is 8.57. The average molecular weight is 447 g/mol. The number of ether oxygens (including phenoxy) is 2. The Hall–Kier alpha value is -2.71. The monoisotopic (exact) mass is 446 g/mol. The molecule has 1 aliphatic rings. The summed E-state index contributed by atoms with van der Waals surface area (Å²) >= 11 is 7.94. The Bertz CT molecular complexity index is 1040. The molecule has 2 amide bonds. The number of halogens is 1. The number of aromatic nitrogens is 1. The number of hydrogen-bond acceptors (Lipinski definition) is 6. The molecule has 1 saturated heterocycles. The van der Waals surface area contributed by atoms with Gasteiger partial charge in [-0.25, -0.2) is 9.78 Å². The molecule has 0 atom stereocenters. The van der Waals surface area contributed by atoms with Gasteiger partial charge in [0.1, 0.15) is 0 Å². The summed E-state index contributed by atoms with van der Waals surface area (Å²) in [5.74, 6) is 1.19. The highest BCUT2D eigenvalue weighted by Crippen LogP contribution is 2.36. The molecule has 1 aliphatic heterocycles. The van der Waals surface area contributed by atoms with Crippen LogP contribution < -0.4 is 19.7 Å². The number of methoxy groups -OCH3 is 2. The first kappa shape index (κ1) is 20.6. The van der Waals surface area contributed by atoms with Crippen molar-refractivity contribution in [3.05, 3.63) is 40.9 Å². The van der Waals surface area contributed by atoms with Crippen molar-refractivity contribution in [2.45, 2.75) is 6.92 Å². The number of nitrogens with zero attached hydrogens (tertiary/aromatic N) is 3. The van der Waals surface area contributed by atoms with Gasteiger partial charge in [0.2, 0.25) is 0 Å². The quantitative estimate of drug-likeness (QED) is 0.632. The molecule has 1 aromatic heterocycles. The fourth-order valence-electron chi connectivity index (χ4n) is 3.44. The highest BCUT2D eigenvalue weighted by Gasteiger charge is 2.24. The number of benzene rings is 2. The van der Waals surface area contributed by atoms with E-state index in [9.17, 15) is 4.79 Å². The van der Waals surface area contributed by atoms with Gasteiger partial charge in [0, 0.05) is 37.9 Å². The third-order valence-corrected chi connectivity index (χ3v) is 6.73. The predicted molar refractivity (Wildman–Crippen MR) is 122 cm³/mol. The van der Waals surface area contributed by atoms with E-state index in [0.717, 1.165) is 39.0 Å². The molecular weight excluding hydrogens is 424 g/mol. The molecule has 3 aromatic rings. The number of anilines is 2. The molecule has 0 bridgehead atoms. The molecule has 9 heteroatoms. The Morgan fingerprint density at radius 2 is 1.83 bits per heavy atom. The molecule has 0 saturated carbocycles. The summed E-state index contributed by atoms with van der Waals surface area (Å²) in [7, 11) is 3.15. The van der Waals surface area contributed by atoms with Crippen LogP contribution in [0.2, 0.25) is 5.02 Å². The van der Waals surface area contributed by atoms with Gasteiger partial charge in [-0.2, -0.15) is 0 Å². The number of rotatable bonds is 4. The lowest BCUT2D eigenvalue weighted by molar-refractivity contribution is 0.208. The van der Waals surface area contributed by atoms with Crippen LogP contribution in [0.4, 0.5) is 15.6 Å².